The predicted molar refractivity (Wildman–Crippen MR) is 83.6 cm³/mol. The van der Waals surface area contributed by atoms with Crippen molar-refractivity contribution in [3.05, 3.63) is 28.8 Å². The van der Waals surface area contributed by atoms with Crippen molar-refractivity contribution in [3.8, 4) is 0 Å². The van der Waals surface area contributed by atoms with E-state index in [2.05, 4.69) is 52.1 Å². The average molecular weight is 286 g/mol. The molecule has 0 amide bonds. The Bertz CT molecular complexity index is 377. The Morgan fingerprint density at radius 1 is 1.17 bits per heavy atom. The Morgan fingerprint density at radius 2 is 1.83 bits per heavy atom. The topological polar surface area (TPSA) is 12.0 Å². The molecule has 0 aromatic heterocycles. The Labute approximate surface area is 121 Å². The van der Waals surface area contributed by atoms with Crippen LogP contribution in [0.15, 0.2) is 23.1 Å². The van der Waals surface area contributed by atoms with Crippen LogP contribution in [0, 0.1) is 5.92 Å². The van der Waals surface area contributed by atoms with E-state index in [1.54, 1.807) is 0 Å². The maximum absolute atomic E-state index is 6.09. The molecule has 1 unspecified atom stereocenters. The number of hydrogen-bond donors (Lipinski definition) is 1. The lowest BCUT2D eigenvalue weighted by Gasteiger charge is -2.18. The molecule has 0 aliphatic carbocycles. The highest BCUT2D eigenvalue weighted by Gasteiger charge is 2.12. The summed E-state index contributed by atoms with van der Waals surface area (Å²) in [6.07, 6.45) is 0. The van der Waals surface area contributed by atoms with Crippen LogP contribution in [-0.2, 0) is 6.54 Å². The van der Waals surface area contributed by atoms with E-state index in [9.17, 15) is 0 Å². The average Bonchev–Trinajstić information content (AvgIpc) is 2.29. The first-order valence-electron chi connectivity index (χ1n) is 6.58. The van der Waals surface area contributed by atoms with Crippen LogP contribution in [0.4, 0.5) is 0 Å². The molecule has 0 aliphatic rings. The van der Waals surface area contributed by atoms with Crippen LogP contribution in [0.2, 0.25) is 5.02 Å². The molecule has 1 atom stereocenters. The van der Waals surface area contributed by atoms with Gasteiger partial charge >= 0.3 is 0 Å². The highest BCUT2D eigenvalue weighted by Crippen LogP contribution is 2.32. The predicted octanol–water partition coefficient (Wildman–Crippen LogP) is 4.97. The largest absolute Gasteiger partial charge is 0.310 e. The smallest absolute Gasteiger partial charge is 0.0410 e. The third kappa shape index (κ3) is 5.21. The van der Waals surface area contributed by atoms with E-state index in [0.717, 1.165) is 11.6 Å². The van der Waals surface area contributed by atoms with Crippen LogP contribution in [0.25, 0.3) is 0 Å². The molecule has 1 nitrogen and oxygen atoms in total. The van der Waals surface area contributed by atoms with Gasteiger partial charge in [-0.1, -0.05) is 46.2 Å². The van der Waals surface area contributed by atoms with E-state index in [0.29, 0.717) is 17.2 Å². The zero-order valence-electron chi connectivity index (χ0n) is 12.0. The zero-order valence-corrected chi connectivity index (χ0v) is 13.5. The number of nitrogens with one attached hydrogen (secondary N) is 1. The van der Waals surface area contributed by atoms with Crippen molar-refractivity contribution >= 4 is 23.4 Å². The molecule has 0 fully saturated rings. The third-order valence-corrected chi connectivity index (χ3v) is 4.78. The first kappa shape index (κ1) is 15.9. The molecule has 0 spiro atoms. The lowest BCUT2D eigenvalue weighted by molar-refractivity contribution is 0.584. The summed E-state index contributed by atoms with van der Waals surface area (Å²) in [4.78, 5) is 1.34. The molecule has 0 bridgehead atoms. The Hall–Kier alpha value is -0.180. The number of halogens is 1. The minimum Gasteiger partial charge on any atom is -0.310 e. The molecule has 1 aromatic rings. The standard InChI is InChI=1S/C15H24ClNS/c1-10(2)12(5)18-15-7-6-14(16)8-13(15)9-17-11(3)4/h6-8,10-12,17H,9H2,1-5H3. The molecule has 0 saturated heterocycles. The van der Waals surface area contributed by atoms with Gasteiger partial charge in [0.05, 0.1) is 0 Å². The van der Waals surface area contributed by atoms with Gasteiger partial charge < -0.3 is 5.32 Å². The molecule has 0 aliphatic heterocycles. The first-order valence-corrected chi connectivity index (χ1v) is 7.84. The van der Waals surface area contributed by atoms with Crippen molar-refractivity contribution in [1.29, 1.82) is 0 Å². The molecule has 0 radical (unpaired) electrons. The van der Waals surface area contributed by atoms with Crippen molar-refractivity contribution in [3.63, 3.8) is 0 Å². The molecule has 0 saturated carbocycles. The summed E-state index contributed by atoms with van der Waals surface area (Å²) in [7, 11) is 0. The van der Waals surface area contributed by atoms with Crippen LogP contribution in [-0.4, -0.2) is 11.3 Å². The Kier molecular flexibility index (Phi) is 6.54. The second-order valence-corrected chi connectivity index (χ2v) is 7.21. The van der Waals surface area contributed by atoms with E-state index in [1.165, 1.54) is 10.5 Å². The lowest BCUT2D eigenvalue weighted by atomic mass is 10.2. The van der Waals surface area contributed by atoms with Gasteiger partial charge in [-0.15, -0.1) is 11.8 Å². The van der Waals surface area contributed by atoms with Crippen molar-refractivity contribution in [2.75, 3.05) is 0 Å². The Balaban J connectivity index is 2.82. The fourth-order valence-corrected chi connectivity index (χ4v) is 2.75. The van der Waals surface area contributed by atoms with Gasteiger partial charge in [0.15, 0.2) is 0 Å². The van der Waals surface area contributed by atoms with E-state index in [1.807, 2.05) is 17.8 Å². The molecular formula is C15H24ClNS. The van der Waals surface area contributed by atoms with Crippen LogP contribution >= 0.6 is 23.4 Å². The molecule has 3 heteroatoms. The van der Waals surface area contributed by atoms with Crippen LogP contribution in [0.5, 0.6) is 0 Å². The quantitative estimate of drug-likeness (QED) is 0.740. The summed E-state index contributed by atoms with van der Waals surface area (Å²) >= 11 is 8.03. The maximum Gasteiger partial charge on any atom is 0.0410 e. The second-order valence-electron chi connectivity index (χ2n) is 5.35. The van der Waals surface area contributed by atoms with Crippen molar-refractivity contribution < 1.29 is 0 Å². The van der Waals surface area contributed by atoms with Gasteiger partial charge in [0.25, 0.3) is 0 Å². The van der Waals surface area contributed by atoms with Gasteiger partial charge in [0.1, 0.15) is 0 Å². The number of thioether (sulfide) groups is 1. The van der Waals surface area contributed by atoms with Crippen molar-refractivity contribution in [1.82, 2.24) is 5.32 Å². The maximum atomic E-state index is 6.09. The van der Waals surface area contributed by atoms with Gasteiger partial charge in [-0.05, 0) is 29.7 Å². The fraction of sp³-hybridized carbons (Fsp3) is 0.600. The molecule has 0 heterocycles. The van der Waals surface area contributed by atoms with Gasteiger partial charge in [0.2, 0.25) is 0 Å². The first-order chi connectivity index (χ1) is 8.40. The summed E-state index contributed by atoms with van der Waals surface area (Å²) < 4.78 is 0. The minimum absolute atomic E-state index is 0.490. The van der Waals surface area contributed by atoms with Gasteiger partial charge in [-0.3, -0.25) is 0 Å². The summed E-state index contributed by atoms with van der Waals surface area (Å²) in [5.41, 5.74) is 1.30. The number of rotatable bonds is 6. The highest BCUT2D eigenvalue weighted by molar-refractivity contribution is 8.00. The molecule has 1 aromatic carbocycles. The van der Waals surface area contributed by atoms with E-state index < -0.39 is 0 Å². The Morgan fingerprint density at radius 3 is 2.39 bits per heavy atom. The second kappa shape index (κ2) is 7.42. The fourth-order valence-electron chi connectivity index (χ4n) is 1.45. The summed E-state index contributed by atoms with van der Waals surface area (Å²) in [6, 6.07) is 6.69. The molecular weight excluding hydrogens is 262 g/mol. The van der Waals surface area contributed by atoms with E-state index in [-0.39, 0.29) is 0 Å². The molecule has 18 heavy (non-hydrogen) atoms. The normalized spacial score (nSPS) is 13.3. The van der Waals surface area contributed by atoms with Crippen molar-refractivity contribution in [2.45, 2.75) is 57.4 Å². The van der Waals surface area contributed by atoms with Gasteiger partial charge in [-0.2, -0.15) is 0 Å². The van der Waals surface area contributed by atoms with Crippen LogP contribution in [0.3, 0.4) is 0 Å². The summed E-state index contributed by atoms with van der Waals surface area (Å²) in [5.74, 6) is 0.677. The van der Waals surface area contributed by atoms with Gasteiger partial charge in [0, 0.05) is 27.8 Å². The lowest BCUT2D eigenvalue weighted by Crippen LogP contribution is -2.22. The van der Waals surface area contributed by atoms with E-state index in [4.69, 9.17) is 11.6 Å². The zero-order chi connectivity index (χ0) is 13.7. The van der Waals surface area contributed by atoms with Crippen LogP contribution in [0.1, 0.15) is 40.2 Å². The van der Waals surface area contributed by atoms with Crippen molar-refractivity contribution in [2.24, 2.45) is 5.92 Å². The van der Waals surface area contributed by atoms with Gasteiger partial charge in [-0.25, -0.2) is 0 Å². The van der Waals surface area contributed by atoms with E-state index >= 15 is 0 Å². The minimum atomic E-state index is 0.490. The van der Waals surface area contributed by atoms with Crippen LogP contribution < -0.4 is 5.32 Å². The molecule has 102 valence electrons. The SMILES string of the molecule is CC(C)NCc1cc(Cl)ccc1SC(C)C(C)C. The molecule has 1 rings (SSSR count). The molecule has 1 N–H and O–H groups in total. The highest BCUT2D eigenvalue weighted by atomic mass is 35.5. The number of hydrogen-bond acceptors (Lipinski definition) is 2. The summed E-state index contributed by atoms with van der Waals surface area (Å²) in [5, 5.41) is 4.89. The third-order valence-electron chi connectivity index (χ3n) is 2.97. The monoisotopic (exact) mass is 285 g/mol. The number of benzene rings is 1. The summed E-state index contributed by atoms with van der Waals surface area (Å²) in [6.45, 7) is 12.0.